The van der Waals surface area contributed by atoms with Gasteiger partial charge in [-0.1, -0.05) is 24.3 Å². The molecule has 2 nitrogen and oxygen atoms in total. The third-order valence-corrected chi connectivity index (χ3v) is 2.73. The molecule has 1 aromatic heterocycles. The Morgan fingerprint density at radius 2 is 1.93 bits per heavy atom. The molecule has 0 radical (unpaired) electrons. The first kappa shape index (κ1) is 10.3. The molecule has 0 saturated carbocycles. The van der Waals surface area contributed by atoms with Gasteiger partial charge in [0.2, 0.25) is 0 Å². The van der Waals surface area contributed by atoms with E-state index in [0.717, 1.165) is 11.1 Å². The van der Waals surface area contributed by atoms with Crippen LogP contribution < -0.4 is 0 Å². The number of hydrogen-bond acceptors (Lipinski definition) is 2. The van der Waals surface area contributed by atoms with E-state index in [1.165, 1.54) is 6.26 Å². The average Bonchev–Trinajstić information content (AvgIpc) is 2.64. The van der Waals surface area contributed by atoms with E-state index in [-0.39, 0.29) is 5.22 Å². The van der Waals surface area contributed by atoms with E-state index in [1.54, 1.807) is 6.07 Å². The largest absolute Gasteiger partial charge is 0.453 e. The molecule has 0 amide bonds. The molecule has 78 valence electrons. The molecule has 0 spiro atoms. The summed E-state index contributed by atoms with van der Waals surface area (Å²) >= 11 is 5.81. The van der Waals surface area contributed by atoms with Gasteiger partial charge in [-0.15, -0.1) is 0 Å². The molecule has 1 aromatic carbocycles. The molecular formula is C12H11ClO2. The van der Waals surface area contributed by atoms with E-state index in [4.69, 9.17) is 16.0 Å². The molecule has 1 N–H and O–H groups in total. The van der Waals surface area contributed by atoms with Gasteiger partial charge < -0.3 is 9.52 Å². The zero-order valence-corrected chi connectivity index (χ0v) is 9.03. The molecule has 0 saturated heterocycles. The van der Waals surface area contributed by atoms with Crippen LogP contribution in [0.4, 0.5) is 0 Å². The molecule has 1 heterocycles. The maximum atomic E-state index is 10.1. The molecule has 0 bridgehead atoms. The first-order valence-corrected chi connectivity index (χ1v) is 5.04. The normalized spacial score (nSPS) is 12.7. The molecule has 0 aliphatic carbocycles. The predicted octanol–water partition coefficient (Wildman–Crippen LogP) is 3.32. The number of furan rings is 1. The third kappa shape index (κ3) is 1.91. The van der Waals surface area contributed by atoms with Gasteiger partial charge >= 0.3 is 0 Å². The summed E-state index contributed by atoms with van der Waals surface area (Å²) in [6, 6.07) is 9.33. The second-order valence-electron chi connectivity index (χ2n) is 3.41. The fourth-order valence-electron chi connectivity index (χ4n) is 1.56. The summed E-state index contributed by atoms with van der Waals surface area (Å²) in [6.45, 7) is 1.95. The molecular weight excluding hydrogens is 212 g/mol. The van der Waals surface area contributed by atoms with Crippen molar-refractivity contribution in [1.29, 1.82) is 0 Å². The predicted molar refractivity (Wildman–Crippen MR) is 59.0 cm³/mol. The summed E-state index contributed by atoms with van der Waals surface area (Å²) < 4.78 is 4.95. The Morgan fingerprint density at radius 1 is 1.20 bits per heavy atom. The van der Waals surface area contributed by atoms with E-state index in [1.807, 2.05) is 31.2 Å². The van der Waals surface area contributed by atoms with Crippen LogP contribution in [0.5, 0.6) is 0 Å². The van der Waals surface area contributed by atoms with Gasteiger partial charge in [-0.3, -0.25) is 0 Å². The smallest absolute Gasteiger partial charge is 0.199 e. The van der Waals surface area contributed by atoms with Crippen molar-refractivity contribution in [2.75, 3.05) is 0 Å². The van der Waals surface area contributed by atoms with Crippen LogP contribution in [-0.2, 0) is 0 Å². The lowest BCUT2D eigenvalue weighted by Gasteiger charge is -2.11. The summed E-state index contributed by atoms with van der Waals surface area (Å²) in [5.41, 5.74) is 2.48. The van der Waals surface area contributed by atoms with Crippen molar-refractivity contribution in [3.63, 3.8) is 0 Å². The van der Waals surface area contributed by atoms with Crippen LogP contribution >= 0.6 is 11.6 Å². The lowest BCUT2D eigenvalue weighted by Crippen LogP contribution is -2.00. The third-order valence-electron chi connectivity index (χ3n) is 2.42. The second kappa shape index (κ2) is 4.09. The molecule has 0 aliphatic rings. The van der Waals surface area contributed by atoms with Gasteiger partial charge in [0.05, 0.1) is 6.26 Å². The number of aryl methyl sites for hydroxylation is 1. The van der Waals surface area contributed by atoms with Crippen molar-refractivity contribution < 1.29 is 9.52 Å². The Hall–Kier alpha value is -1.25. The summed E-state index contributed by atoms with van der Waals surface area (Å²) in [7, 11) is 0. The minimum absolute atomic E-state index is 0.241. The standard InChI is InChI=1S/C12H11ClO2/c1-8-4-2-3-5-9(8)11(14)10-6-7-15-12(10)13/h2-7,11,14H,1H3. The van der Waals surface area contributed by atoms with Crippen molar-refractivity contribution in [2.45, 2.75) is 13.0 Å². The quantitative estimate of drug-likeness (QED) is 0.846. The highest BCUT2D eigenvalue weighted by atomic mass is 35.5. The molecule has 1 atom stereocenters. The number of aliphatic hydroxyl groups excluding tert-OH is 1. The van der Waals surface area contributed by atoms with Gasteiger partial charge in [0, 0.05) is 5.56 Å². The molecule has 15 heavy (non-hydrogen) atoms. The molecule has 2 aromatic rings. The summed E-state index contributed by atoms with van der Waals surface area (Å²) in [6.07, 6.45) is 0.747. The van der Waals surface area contributed by atoms with Gasteiger partial charge in [0.15, 0.2) is 5.22 Å². The second-order valence-corrected chi connectivity index (χ2v) is 3.75. The average molecular weight is 223 g/mol. The van der Waals surface area contributed by atoms with E-state index in [0.29, 0.717) is 5.56 Å². The Kier molecular flexibility index (Phi) is 2.80. The maximum Gasteiger partial charge on any atom is 0.199 e. The first-order valence-electron chi connectivity index (χ1n) is 4.66. The molecule has 0 fully saturated rings. The highest BCUT2D eigenvalue weighted by Gasteiger charge is 2.17. The van der Waals surface area contributed by atoms with Gasteiger partial charge in [-0.25, -0.2) is 0 Å². The van der Waals surface area contributed by atoms with Gasteiger partial charge in [-0.2, -0.15) is 0 Å². The fourth-order valence-corrected chi connectivity index (χ4v) is 1.78. The SMILES string of the molecule is Cc1ccccc1C(O)c1ccoc1Cl. The highest BCUT2D eigenvalue weighted by Crippen LogP contribution is 2.30. The topological polar surface area (TPSA) is 33.4 Å². The van der Waals surface area contributed by atoms with Gasteiger partial charge in [0.25, 0.3) is 0 Å². The summed E-state index contributed by atoms with van der Waals surface area (Å²) in [5.74, 6) is 0. The van der Waals surface area contributed by atoms with Crippen LogP contribution in [0.15, 0.2) is 41.0 Å². The van der Waals surface area contributed by atoms with Crippen molar-refractivity contribution in [1.82, 2.24) is 0 Å². The molecule has 0 aliphatic heterocycles. The first-order chi connectivity index (χ1) is 7.20. The number of benzene rings is 1. The van der Waals surface area contributed by atoms with E-state index in [9.17, 15) is 5.11 Å². The molecule has 3 heteroatoms. The van der Waals surface area contributed by atoms with Crippen LogP contribution in [0.25, 0.3) is 0 Å². The highest BCUT2D eigenvalue weighted by molar-refractivity contribution is 6.29. The van der Waals surface area contributed by atoms with Gasteiger partial charge in [0.1, 0.15) is 6.10 Å². The molecule has 2 rings (SSSR count). The van der Waals surface area contributed by atoms with Crippen molar-refractivity contribution in [2.24, 2.45) is 0 Å². The number of hydrogen-bond donors (Lipinski definition) is 1. The summed E-state index contributed by atoms with van der Waals surface area (Å²) in [4.78, 5) is 0. The van der Waals surface area contributed by atoms with Crippen LogP contribution in [-0.4, -0.2) is 5.11 Å². The van der Waals surface area contributed by atoms with E-state index < -0.39 is 6.10 Å². The van der Waals surface area contributed by atoms with Crippen LogP contribution in [0, 0.1) is 6.92 Å². The van der Waals surface area contributed by atoms with E-state index >= 15 is 0 Å². The summed E-state index contributed by atoms with van der Waals surface area (Å²) in [5, 5.41) is 10.3. The number of rotatable bonds is 2. The lowest BCUT2D eigenvalue weighted by molar-refractivity contribution is 0.218. The Labute approximate surface area is 93.1 Å². The lowest BCUT2D eigenvalue weighted by atomic mass is 10.00. The maximum absolute atomic E-state index is 10.1. The number of aliphatic hydroxyl groups is 1. The van der Waals surface area contributed by atoms with Crippen LogP contribution in [0.1, 0.15) is 22.8 Å². The molecule has 1 unspecified atom stereocenters. The minimum atomic E-state index is -0.725. The Morgan fingerprint density at radius 3 is 2.53 bits per heavy atom. The Balaban J connectivity index is 2.41. The van der Waals surface area contributed by atoms with Crippen molar-refractivity contribution >= 4 is 11.6 Å². The van der Waals surface area contributed by atoms with E-state index in [2.05, 4.69) is 0 Å². The van der Waals surface area contributed by atoms with Gasteiger partial charge in [-0.05, 0) is 35.7 Å². The van der Waals surface area contributed by atoms with Crippen molar-refractivity contribution in [3.05, 3.63) is 58.5 Å². The Bertz CT molecular complexity index is 462. The van der Waals surface area contributed by atoms with Crippen LogP contribution in [0.3, 0.4) is 0 Å². The zero-order chi connectivity index (χ0) is 10.8. The minimum Gasteiger partial charge on any atom is -0.453 e. The van der Waals surface area contributed by atoms with Crippen LogP contribution in [0.2, 0.25) is 5.22 Å². The van der Waals surface area contributed by atoms with Crippen molar-refractivity contribution in [3.8, 4) is 0 Å². The fraction of sp³-hybridized carbons (Fsp3) is 0.167. The zero-order valence-electron chi connectivity index (χ0n) is 8.27. The monoisotopic (exact) mass is 222 g/mol. The number of halogens is 1.